The van der Waals surface area contributed by atoms with E-state index in [1.807, 2.05) is 45.0 Å². The van der Waals surface area contributed by atoms with Crippen molar-refractivity contribution in [2.45, 2.75) is 26.9 Å². The summed E-state index contributed by atoms with van der Waals surface area (Å²) in [5, 5.41) is 11.9. The Hall–Kier alpha value is -2.54. The predicted octanol–water partition coefficient (Wildman–Crippen LogP) is 3.79. The van der Waals surface area contributed by atoms with Gasteiger partial charge in [-0.3, -0.25) is 0 Å². The Labute approximate surface area is 119 Å². The highest BCUT2D eigenvalue weighted by Crippen LogP contribution is 2.24. The van der Waals surface area contributed by atoms with Crippen molar-refractivity contribution >= 4 is 11.5 Å². The molecule has 1 heterocycles. The highest BCUT2D eigenvalue weighted by molar-refractivity contribution is 5.59. The predicted molar refractivity (Wildman–Crippen MR) is 79.2 cm³/mol. The van der Waals surface area contributed by atoms with Crippen LogP contribution in [0, 0.1) is 18.3 Å². The van der Waals surface area contributed by atoms with Gasteiger partial charge in [-0.15, -0.1) is 0 Å². The van der Waals surface area contributed by atoms with E-state index in [2.05, 4.69) is 10.3 Å². The molecule has 0 amide bonds. The highest BCUT2D eigenvalue weighted by Gasteiger charge is 2.04. The summed E-state index contributed by atoms with van der Waals surface area (Å²) in [6.45, 7) is 6.02. The van der Waals surface area contributed by atoms with E-state index in [-0.39, 0.29) is 6.10 Å². The average molecular weight is 267 g/mol. The molecular formula is C16H17N3O. The molecule has 1 aromatic heterocycles. The molecule has 0 aliphatic heterocycles. The number of anilines is 2. The molecule has 102 valence electrons. The van der Waals surface area contributed by atoms with E-state index >= 15 is 0 Å². The molecule has 0 bridgehead atoms. The van der Waals surface area contributed by atoms with E-state index < -0.39 is 0 Å². The summed E-state index contributed by atoms with van der Waals surface area (Å²) < 4.78 is 5.70. The van der Waals surface area contributed by atoms with Gasteiger partial charge < -0.3 is 10.1 Å². The van der Waals surface area contributed by atoms with Crippen LogP contribution in [0.15, 0.2) is 36.5 Å². The maximum absolute atomic E-state index is 8.73. The third-order valence-electron chi connectivity index (χ3n) is 2.70. The van der Waals surface area contributed by atoms with Gasteiger partial charge >= 0.3 is 0 Å². The number of aryl methyl sites for hydroxylation is 1. The zero-order valence-electron chi connectivity index (χ0n) is 11.8. The van der Waals surface area contributed by atoms with Gasteiger partial charge in [-0.1, -0.05) is 0 Å². The molecule has 2 rings (SSSR count). The quantitative estimate of drug-likeness (QED) is 0.915. The van der Waals surface area contributed by atoms with Crippen molar-refractivity contribution in [1.82, 2.24) is 4.98 Å². The van der Waals surface area contributed by atoms with Gasteiger partial charge in [0.05, 0.1) is 11.7 Å². The third-order valence-corrected chi connectivity index (χ3v) is 2.70. The molecule has 0 aliphatic rings. The number of pyridine rings is 1. The van der Waals surface area contributed by atoms with Gasteiger partial charge in [0.15, 0.2) is 0 Å². The van der Waals surface area contributed by atoms with Gasteiger partial charge in [0.2, 0.25) is 0 Å². The van der Waals surface area contributed by atoms with Crippen molar-refractivity contribution in [2.75, 3.05) is 5.32 Å². The molecule has 0 spiro atoms. The lowest BCUT2D eigenvalue weighted by molar-refractivity contribution is 0.241. The van der Waals surface area contributed by atoms with Crippen LogP contribution in [-0.4, -0.2) is 11.1 Å². The van der Waals surface area contributed by atoms with Crippen LogP contribution in [0.5, 0.6) is 5.75 Å². The number of nitrogens with zero attached hydrogens (tertiary/aromatic N) is 2. The second kappa shape index (κ2) is 6.07. The number of rotatable bonds is 4. The van der Waals surface area contributed by atoms with Crippen LogP contribution in [-0.2, 0) is 0 Å². The summed E-state index contributed by atoms with van der Waals surface area (Å²) in [6, 6.07) is 11.5. The summed E-state index contributed by atoms with van der Waals surface area (Å²) in [5.74, 6) is 1.60. The lowest BCUT2D eigenvalue weighted by Gasteiger charge is -2.14. The van der Waals surface area contributed by atoms with Crippen molar-refractivity contribution in [3.05, 3.63) is 47.7 Å². The lowest BCUT2D eigenvalue weighted by atomic mass is 10.2. The standard InChI is InChI=1S/C16H17N3O/c1-11(2)20-15-6-5-14(8-12(15)3)19-16-7-4-13(9-17)10-18-16/h4-8,10-11H,1-3H3,(H,18,19). The number of benzene rings is 1. The van der Waals surface area contributed by atoms with Crippen LogP contribution >= 0.6 is 0 Å². The van der Waals surface area contributed by atoms with E-state index in [1.165, 1.54) is 0 Å². The molecule has 4 nitrogen and oxygen atoms in total. The molecule has 1 aromatic carbocycles. The second-order valence-corrected chi connectivity index (χ2v) is 4.82. The molecule has 0 aliphatic carbocycles. The minimum absolute atomic E-state index is 0.160. The van der Waals surface area contributed by atoms with Crippen molar-refractivity contribution in [2.24, 2.45) is 0 Å². The minimum atomic E-state index is 0.160. The third kappa shape index (κ3) is 3.48. The van der Waals surface area contributed by atoms with Crippen molar-refractivity contribution < 1.29 is 4.74 Å². The van der Waals surface area contributed by atoms with Crippen molar-refractivity contribution in [1.29, 1.82) is 5.26 Å². The molecule has 1 N–H and O–H groups in total. The SMILES string of the molecule is Cc1cc(Nc2ccc(C#N)cn2)ccc1OC(C)C. The Bertz CT molecular complexity index is 627. The summed E-state index contributed by atoms with van der Waals surface area (Å²) in [6.07, 6.45) is 1.71. The van der Waals surface area contributed by atoms with E-state index in [0.717, 1.165) is 17.0 Å². The molecular weight excluding hydrogens is 250 g/mol. The molecule has 0 saturated heterocycles. The van der Waals surface area contributed by atoms with Gasteiger partial charge in [0, 0.05) is 11.9 Å². The molecule has 0 saturated carbocycles. The smallest absolute Gasteiger partial charge is 0.130 e. The Balaban J connectivity index is 2.13. The zero-order chi connectivity index (χ0) is 14.5. The summed E-state index contributed by atoms with van der Waals surface area (Å²) in [5.41, 5.74) is 2.56. The van der Waals surface area contributed by atoms with Gasteiger partial charge in [0.1, 0.15) is 17.6 Å². The molecule has 0 atom stereocenters. The number of ether oxygens (including phenoxy) is 1. The van der Waals surface area contributed by atoms with Crippen LogP contribution in [0.1, 0.15) is 25.0 Å². The monoisotopic (exact) mass is 267 g/mol. The van der Waals surface area contributed by atoms with Crippen LogP contribution in [0.25, 0.3) is 0 Å². The minimum Gasteiger partial charge on any atom is -0.491 e. The maximum Gasteiger partial charge on any atom is 0.130 e. The van der Waals surface area contributed by atoms with E-state index in [1.54, 1.807) is 18.3 Å². The van der Waals surface area contributed by atoms with Gasteiger partial charge in [-0.05, 0) is 56.7 Å². The number of nitrogens with one attached hydrogen (secondary N) is 1. The Morgan fingerprint density at radius 3 is 2.60 bits per heavy atom. The lowest BCUT2D eigenvalue weighted by Crippen LogP contribution is -2.06. The largest absolute Gasteiger partial charge is 0.491 e. The Kier molecular flexibility index (Phi) is 4.21. The molecule has 0 radical (unpaired) electrons. The summed E-state index contributed by atoms with van der Waals surface area (Å²) >= 11 is 0. The zero-order valence-corrected chi connectivity index (χ0v) is 11.8. The fourth-order valence-electron chi connectivity index (χ4n) is 1.80. The van der Waals surface area contributed by atoms with Gasteiger partial charge in [-0.25, -0.2) is 4.98 Å². The number of hydrogen-bond donors (Lipinski definition) is 1. The summed E-state index contributed by atoms with van der Waals surface area (Å²) in [7, 11) is 0. The fraction of sp³-hybridized carbons (Fsp3) is 0.250. The first-order valence-electron chi connectivity index (χ1n) is 6.49. The maximum atomic E-state index is 8.73. The van der Waals surface area contributed by atoms with Crippen LogP contribution in [0.3, 0.4) is 0 Å². The van der Waals surface area contributed by atoms with Crippen molar-refractivity contribution in [3.8, 4) is 11.8 Å². The van der Waals surface area contributed by atoms with Crippen molar-refractivity contribution in [3.63, 3.8) is 0 Å². The fourth-order valence-corrected chi connectivity index (χ4v) is 1.80. The van der Waals surface area contributed by atoms with Crippen LogP contribution in [0.2, 0.25) is 0 Å². The number of aromatic nitrogens is 1. The molecule has 4 heteroatoms. The highest BCUT2D eigenvalue weighted by atomic mass is 16.5. The van der Waals surface area contributed by atoms with Gasteiger partial charge in [-0.2, -0.15) is 5.26 Å². The van der Waals surface area contributed by atoms with E-state index in [4.69, 9.17) is 10.00 Å². The Morgan fingerprint density at radius 2 is 2.05 bits per heavy atom. The first-order valence-corrected chi connectivity index (χ1v) is 6.49. The van der Waals surface area contributed by atoms with E-state index in [9.17, 15) is 0 Å². The normalized spacial score (nSPS) is 10.2. The summed E-state index contributed by atoms with van der Waals surface area (Å²) in [4.78, 5) is 4.18. The average Bonchev–Trinajstić information content (AvgIpc) is 2.42. The van der Waals surface area contributed by atoms with E-state index in [0.29, 0.717) is 11.4 Å². The number of nitriles is 1. The second-order valence-electron chi connectivity index (χ2n) is 4.82. The molecule has 0 fully saturated rings. The van der Waals surface area contributed by atoms with Crippen LogP contribution < -0.4 is 10.1 Å². The molecule has 0 unspecified atom stereocenters. The molecule has 2 aromatic rings. The first kappa shape index (κ1) is 13.9. The van der Waals surface area contributed by atoms with Gasteiger partial charge in [0.25, 0.3) is 0 Å². The first-order chi connectivity index (χ1) is 9.58. The number of hydrogen-bond acceptors (Lipinski definition) is 4. The Morgan fingerprint density at radius 1 is 1.25 bits per heavy atom. The molecule has 20 heavy (non-hydrogen) atoms. The van der Waals surface area contributed by atoms with Crippen LogP contribution in [0.4, 0.5) is 11.5 Å². The topological polar surface area (TPSA) is 57.9 Å².